The number of aryl methyl sites for hydroxylation is 1. The lowest BCUT2D eigenvalue weighted by Crippen LogP contribution is -2.22. The number of aliphatic carboxylic acids is 1. The summed E-state index contributed by atoms with van der Waals surface area (Å²) in [5.74, 6) is -0.469. The van der Waals surface area contributed by atoms with Crippen LogP contribution in [0.25, 0.3) is 0 Å². The SMILES string of the molecule is CC(C)c1ccc(CCC(=O)[O-])cc1. The monoisotopic (exact) mass is 191 g/mol. The van der Waals surface area contributed by atoms with Crippen molar-refractivity contribution in [3.63, 3.8) is 0 Å². The molecule has 0 aliphatic carbocycles. The maximum atomic E-state index is 10.2. The minimum Gasteiger partial charge on any atom is -0.550 e. The molecule has 0 radical (unpaired) electrons. The maximum Gasteiger partial charge on any atom is 0.0417 e. The number of carbonyl (C=O) groups is 1. The quantitative estimate of drug-likeness (QED) is 0.723. The Bertz CT molecular complexity index is 299. The van der Waals surface area contributed by atoms with E-state index in [-0.39, 0.29) is 6.42 Å². The molecule has 2 heteroatoms. The largest absolute Gasteiger partial charge is 0.550 e. The van der Waals surface area contributed by atoms with Gasteiger partial charge < -0.3 is 9.90 Å². The number of hydrogen-bond donors (Lipinski definition) is 0. The molecule has 0 heterocycles. The van der Waals surface area contributed by atoms with Crippen molar-refractivity contribution in [1.82, 2.24) is 0 Å². The number of carboxylic acids is 1. The number of hydrogen-bond acceptors (Lipinski definition) is 2. The van der Waals surface area contributed by atoms with Gasteiger partial charge in [0, 0.05) is 5.97 Å². The lowest BCUT2D eigenvalue weighted by atomic mass is 10.0. The van der Waals surface area contributed by atoms with Crippen LogP contribution in [0.4, 0.5) is 0 Å². The van der Waals surface area contributed by atoms with Crippen molar-refractivity contribution in [1.29, 1.82) is 0 Å². The Morgan fingerprint density at radius 1 is 1.29 bits per heavy atom. The second-order valence-electron chi connectivity index (χ2n) is 3.77. The molecule has 0 aromatic heterocycles. The van der Waals surface area contributed by atoms with Crippen molar-refractivity contribution >= 4 is 5.97 Å². The molecule has 1 aromatic carbocycles. The average Bonchev–Trinajstić information content (AvgIpc) is 2.15. The standard InChI is InChI=1S/C12H16O2/c1-9(2)11-6-3-10(4-7-11)5-8-12(13)14/h3-4,6-7,9H,5,8H2,1-2H3,(H,13,14)/p-1. The van der Waals surface area contributed by atoms with Gasteiger partial charge in [-0.25, -0.2) is 0 Å². The van der Waals surface area contributed by atoms with Crippen molar-refractivity contribution in [2.24, 2.45) is 0 Å². The van der Waals surface area contributed by atoms with Crippen LogP contribution < -0.4 is 5.11 Å². The first-order valence-corrected chi connectivity index (χ1v) is 4.88. The summed E-state index contributed by atoms with van der Waals surface area (Å²) in [7, 11) is 0. The zero-order valence-electron chi connectivity index (χ0n) is 8.62. The molecule has 0 amide bonds. The van der Waals surface area contributed by atoms with Crippen molar-refractivity contribution in [3.8, 4) is 0 Å². The van der Waals surface area contributed by atoms with Gasteiger partial charge in [0.25, 0.3) is 0 Å². The van der Waals surface area contributed by atoms with Crippen LogP contribution in [0, 0.1) is 0 Å². The molecular formula is C12H15O2-. The highest BCUT2D eigenvalue weighted by Gasteiger charge is 1.98. The fourth-order valence-corrected chi connectivity index (χ4v) is 1.32. The second kappa shape index (κ2) is 4.80. The normalized spacial score (nSPS) is 10.5. The van der Waals surface area contributed by atoms with E-state index in [1.54, 1.807) is 0 Å². The van der Waals surface area contributed by atoms with Crippen LogP contribution >= 0.6 is 0 Å². The van der Waals surface area contributed by atoms with E-state index in [1.165, 1.54) is 5.56 Å². The lowest BCUT2D eigenvalue weighted by Gasteiger charge is -2.07. The first-order valence-electron chi connectivity index (χ1n) is 4.88. The molecule has 2 nitrogen and oxygen atoms in total. The molecule has 0 atom stereocenters. The lowest BCUT2D eigenvalue weighted by molar-refractivity contribution is -0.305. The fourth-order valence-electron chi connectivity index (χ4n) is 1.32. The average molecular weight is 191 g/mol. The maximum absolute atomic E-state index is 10.2. The molecule has 1 rings (SSSR count). The molecule has 0 spiro atoms. The van der Waals surface area contributed by atoms with Gasteiger partial charge in [-0.15, -0.1) is 0 Å². The van der Waals surface area contributed by atoms with Crippen molar-refractivity contribution in [2.45, 2.75) is 32.6 Å². The van der Waals surface area contributed by atoms with Gasteiger partial charge in [-0.1, -0.05) is 38.1 Å². The molecule has 0 N–H and O–H groups in total. The Balaban J connectivity index is 2.59. The number of carboxylic acid groups (broad SMARTS) is 1. The van der Waals surface area contributed by atoms with Gasteiger partial charge in [-0.05, 0) is 29.9 Å². The third-order valence-corrected chi connectivity index (χ3v) is 2.26. The zero-order chi connectivity index (χ0) is 10.6. The minimum atomic E-state index is -0.988. The Morgan fingerprint density at radius 2 is 1.86 bits per heavy atom. The summed E-state index contributed by atoms with van der Waals surface area (Å²) < 4.78 is 0. The van der Waals surface area contributed by atoms with Crippen LogP contribution in [0.2, 0.25) is 0 Å². The highest BCUT2D eigenvalue weighted by molar-refractivity contribution is 5.64. The van der Waals surface area contributed by atoms with E-state index in [1.807, 2.05) is 12.1 Å². The molecular weight excluding hydrogens is 176 g/mol. The molecule has 14 heavy (non-hydrogen) atoms. The van der Waals surface area contributed by atoms with Crippen LogP contribution in [0.15, 0.2) is 24.3 Å². The Hall–Kier alpha value is -1.31. The van der Waals surface area contributed by atoms with Crippen LogP contribution in [-0.4, -0.2) is 5.97 Å². The first kappa shape index (κ1) is 10.8. The van der Waals surface area contributed by atoms with E-state index in [4.69, 9.17) is 0 Å². The molecule has 1 aromatic rings. The number of rotatable bonds is 4. The summed E-state index contributed by atoms with van der Waals surface area (Å²) in [5.41, 5.74) is 2.33. The summed E-state index contributed by atoms with van der Waals surface area (Å²) in [6.07, 6.45) is 0.654. The van der Waals surface area contributed by atoms with Crippen molar-refractivity contribution < 1.29 is 9.90 Å². The highest BCUT2D eigenvalue weighted by atomic mass is 16.4. The molecule has 0 saturated carbocycles. The Labute approximate surface area is 84.6 Å². The number of benzene rings is 1. The highest BCUT2D eigenvalue weighted by Crippen LogP contribution is 2.15. The first-order chi connectivity index (χ1) is 6.59. The summed E-state index contributed by atoms with van der Waals surface area (Å²) in [5, 5.41) is 10.2. The van der Waals surface area contributed by atoms with E-state index in [0.717, 1.165) is 5.56 Å². The summed E-state index contributed by atoms with van der Waals surface area (Å²) >= 11 is 0. The van der Waals surface area contributed by atoms with Crippen molar-refractivity contribution in [2.75, 3.05) is 0 Å². The third-order valence-electron chi connectivity index (χ3n) is 2.26. The smallest absolute Gasteiger partial charge is 0.0417 e. The molecule has 0 saturated heterocycles. The van der Waals surface area contributed by atoms with Gasteiger partial charge in [0.15, 0.2) is 0 Å². The number of carbonyl (C=O) groups excluding carboxylic acids is 1. The molecule has 0 bridgehead atoms. The van der Waals surface area contributed by atoms with Crippen LogP contribution in [0.1, 0.15) is 37.3 Å². The third kappa shape index (κ3) is 3.21. The van der Waals surface area contributed by atoms with E-state index in [2.05, 4.69) is 26.0 Å². The van der Waals surface area contributed by atoms with Gasteiger partial charge in [-0.3, -0.25) is 0 Å². The molecule has 0 aliphatic heterocycles. The minimum absolute atomic E-state index is 0.0982. The van der Waals surface area contributed by atoms with Crippen LogP contribution in [0.5, 0.6) is 0 Å². The second-order valence-corrected chi connectivity index (χ2v) is 3.77. The van der Waals surface area contributed by atoms with E-state index in [0.29, 0.717) is 12.3 Å². The van der Waals surface area contributed by atoms with Gasteiger partial charge >= 0.3 is 0 Å². The predicted molar refractivity (Wildman–Crippen MR) is 53.9 cm³/mol. The van der Waals surface area contributed by atoms with Crippen molar-refractivity contribution in [3.05, 3.63) is 35.4 Å². The Kier molecular flexibility index (Phi) is 3.69. The van der Waals surface area contributed by atoms with E-state index < -0.39 is 5.97 Å². The molecule has 0 aliphatic rings. The molecule has 76 valence electrons. The van der Waals surface area contributed by atoms with Gasteiger partial charge in [-0.2, -0.15) is 0 Å². The van der Waals surface area contributed by atoms with Crippen LogP contribution in [-0.2, 0) is 11.2 Å². The molecule has 0 fully saturated rings. The van der Waals surface area contributed by atoms with E-state index >= 15 is 0 Å². The fraction of sp³-hybridized carbons (Fsp3) is 0.417. The topological polar surface area (TPSA) is 40.1 Å². The predicted octanol–water partition coefficient (Wildman–Crippen LogP) is 1.49. The van der Waals surface area contributed by atoms with Gasteiger partial charge in [0.2, 0.25) is 0 Å². The van der Waals surface area contributed by atoms with Crippen LogP contribution in [0.3, 0.4) is 0 Å². The summed E-state index contributed by atoms with van der Waals surface area (Å²) in [6, 6.07) is 8.07. The van der Waals surface area contributed by atoms with E-state index in [9.17, 15) is 9.90 Å². The van der Waals surface area contributed by atoms with Gasteiger partial charge in [0.05, 0.1) is 0 Å². The molecule has 0 unspecified atom stereocenters. The summed E-state index contributed by atoms with van der Waals surface area (Å²) in [4.78, 5) is 10.2. The Morgan fingerprint density at radius 3 is 2.29 bits per heavy atom. The zero-order valence-corrected chi connectivity index (χ0v) is 8.62. The summed E-state index contributed by atoms with van der Waals surface area (Å²) in [6.45, 7) is 4.27. The van der Waals surface area contributed by atoms with Gasteiger partial charge in [0.1, 0.15) is 0 Å².